The molecule has 1 aromatic heterocycles. The molecule has 0 amide bonds. The van der Waals surface area contributed by atoms with Crippen molar-refractivity contribution in [3.8, 4) is 11.3 Å². The molecule has 0 saturated carbocycles. The van der Waals surface area contributed by atoms with Gasteiger partial charge in [0.2, 0.25) is 0 Å². The Bertz CT molecular complexity index is 894. The highest BCUT2D eigenvalue weighted by atomic mass is 19.1. The van der Waals surface area contributed by atoms with Crippen molar-refractivity contribution in [2.45, 2.75) is 25.9 Å². The minimum atomic E-state index is -0.249. The highest BCUT2D eigenvalue weighted by molar-refractivity contribution is 6.00. The normalized spacial score (nSPS) is 20.8. The van der Waals surface area contributed by atoms with Crippen LogP contribution in [0, 0.1) is 5.82 Å². The summed E-state index contributed by atoms with van der Waals surface area (Å²) in [7, 11) is 0. The van der Waals surface area contributed by atoms with Gasteiger partial charge in [0, 0.05) is 41.5 Å². The summed E-state index contributed by atoms with van der Waals surface area (Å²) >= 11 is 0. The van der Waals surface area contributed by atoms with E-state index in [1.807, 2.05) is 12.1 Å². The van der Waals surface area contributed by atoms with E-state index in [-0.39, 0.29) is 5.82 Å². The summed E-state index contributed by atoms with van der Waals surface area (Å²) in [6.45, 7) is 6.21. The minimum absolute atomic E-state index is 0.249. The van der Waals surface area contributed by atoms with E-state index < -0.39 is 0 Å². The van der Waals surface area contributed by atoms with Crippen LogP contribution in [0.25, 0.3) is 22.0 Å². The van der Waals surface area contributed by atoms with E-state index in [1.165, 1.54) is 12.1 Å². The minimum Gasteiger partial charge on any atom is -0.349 e. The number of piperazine rings is 1. The van der Waals surface area contributed by atoms with E-state index in [2.05, 4.69) is 46.4 Å². The van der Waals surface area contributed by atoms with Gasteiger partial charge in [0.05, 0.1) is 0 Å². The first-order chi connectivity index (χ1) is 12.1. The predicted octanol–water partition coefficient (Wildman–Crippen LogP) is 3.62. The molecule has 25 heavy (non-hydrogen) atoms. The van der Waals surface area contributed by atoms with Crippen molar-refractivity contribution in [2.75, 3.05) is 18.0 Å². The van der Waals surface area contributed by atoms with Gasteiger partial charge in [-0.1, -0.05) is 24.3 Å². The molecule has 0 radical (unpaired) electrons. The smallest absolute Gasteiger partial charge is 0.159 e. The third-order valence-corrected chi connectivity index (χ3v) is 4.82. The van der Waals surface area contributed by atoms with Crippen molar-refractivity contribution in [3.63, 3.8) is 0 Å². The standard InChI is InChI=1S/C20H21FN4/c1-13-12-25(14(2)11-22-13)20-18-6-4-3-5-17(18)19(23-24-20)15-7-9-16(21)10-8-15/h3-10,13-14,22H,11-12H2,1-2H3/t13-,14+/m0/s1. The molecule has 0 bridgehead atoms. The first kappa shape index (κ1) is 16.0. The van der Waals surface area contributed by atoms with Gasteiger partial charge in [-0.25, -0.2) is 4.39 Å². The molecule has 1 N–H and O–H groups in total. The van der Waals surface area contributed by atoms with Gasteiger partial charge < -0.3 is 10.2 Å². The maximum atomic E-state index is 13.3. The molecule has 1 aliphatic heterocycles. The fourth-order valence-corrected chi connectivity index (χ4v) is 3.44. The molecule has 2 heterocycles. The van der Waals surface area contributed by atoms with Crippen LogP contribution in [0.1, 0.15) is 13.8 Å². The summed E-state index contributed by atoms with van der Waals surface area (Å²) in [4.78, 5) is 2.32. The largest absolute Gasteiger partial charge is 0.349 e. The number of halogens is 1. The number of hydrogen-bond donors (Lipinski definition) is 1. The second-order valence-electron chi connectivity index (χ2n) is 6.74. The Balaban J connectivity index is 1.86. The molecule has 2 atom stereocenters. The quantitative estimate of drug-likeness (QED) is 0.776. The Morgan fingerprint density at radius 3 is 2.48 bits per heavy atom. The Labute approximate surface area is 146 Å². The van der Waals surface area contributed by atoms with Crippen molar-refractivity contribution in [2.24, 2.45) is 0 Å². The predicted molar refractivity (Wildman–Crippen MR) is 99.2 cm³/mol. The van der Waals surface area contributed by atoms with Crippen LogP contribution in [0.5, 0.6) is 0 Å². The molecule has 5 heteroatoms. The van der Waals surface area contributed by atoms with Crippen LogP contribution in [0.4, 0.5) is 10.2 Å². The lowest BCUT2D eigenvalue weighted by Crippen LogP contribution is -2.54. The van der Waals surface area contributed by atoms with Gasteiger partial charge in [-0.3, -0.25) is 0 Å². The maximum Gasteiger partial charge on any atom is 0.159 e. The first-order valence-electron chi connectivity index (χ1n) is 8.65. The van der Waals surface area contributed by atoms with Crippen LogP contribution in [-0.2, 0) is 0 Å². The van der Waals surface area contributed by atoms with Crippen LogP contribution in [0.2, 0.25) is 0 Å². The third-order valence-electron chi connectivity index (χ3n) is 4.82. The number of fused-ring (bicyclic) bond motifs is 1. The Morgan fingerprint density at radius 1 is 1.00 bits per heavy atom. The Hall–Kier alpha value is -2.53. The number of nitrogens with one attached hydrogen (secondary N) is 1. The number of rotatable bonds is 2. The van der Waals surface area contributed by atoms with Crippen LogP contribution >= 0.6 is 0 Å². The number of aromatic nitrogens is 2. The van der Waals surface area contributed by atoms with E-state index in [1.54, 1.807) is 12.1 Å². The molecule has 0 aliphatic carbocycles. The summed E-state index contributed by atoms with van der Waals surface area (Å²) in [5.41, 5.74) is 1.66. The van der Waals surface area contributed by atoms with Crippen LogP contribution in [0.15, 0.2) is 48.5 Å². The molecule has 3 aromatic rings. The lowest BCUT2D eigenvalue weighted by atomic mass is 10.0. The molecule has 128 valence electrons. The first-order valence-corrected chi connectivity index (χ1v) is 8.65. The zero-order valence-corrected chi connectivity index (χ0v) is 14.4. The zero-order chi connectivity index (χ0) is 17.4. The van der Waals surface area contributed by atoms with Crippen molar-refractivity contribution in [1.82, 2.24) is 15.5 Å². The van der Waals surface area contributed by atoms with Crippen molar-refractivity contribution < 1.29 is 4.39 Å². The summed E-state index contributed by atoms with van der Waals surface area (Å²) in [6.07, 6.45) is 0. The lowest BCUT2D eigenvalue weighted by molar-refractivity contribution is 0.422. The fourth-order valence-electron chi connectivity index (χ4n) is 3.44. The summed E-state index contributed by atoms with van der Waals surface area (Å²) < 4.78 is 13.3. The molecule has 0 spiro atoms. The van der Waals surface area contributed by atoms with Gasteiger partial charge in [-0.2, -0.15) is 0 Å². The average molecular weight is 336 g/mol. The number of anilines is 1. The second kappa shape index (κ2) is 6.41. The fraction of sp³-hybridized carbons (Fsp3) is 0.300. The SMILES string of the molecule is C[C@@H]1CN[C@@H](C)CN1c1nnc(-c2ccc(F)cc2)c2ccccc12. The van der Waals surface area contributed by atoms with Gasteiger partial charge in [0.15, 0.2) is 5.82 Å². The summed E-state index contributed by atoms with van der Waals surface area (Å²) in [5.74, 6) is 0.670. The molecule has 2 aromatic carbocycles. The number of benzene rings is 2. The number of nitrogens with zero attached hydrogens (tertiary/aromatic N) is 3. The lowest BCUT2D eigenvalue weighted by Gasteiger charge is -2.38. The van der Waals surface area contributed by atoms with Gasteiger partial charge in [-0.15, -0.1) is 10.2 Å². The van der Waals surface area contributed by atoms with E-state index in [9.17, 15) is 4.39 Å². The third kappa shape index (κ3) is 2.96. The molecule has 1 saturated heterocycles. The van der Waals surface area contributed by atoms with Crippen LogP contribution < -0.4 is 10.2 Å². The molecular formula is C20H21FN4. The Morgan fingerprint density at radius 2 is 1.72 bits per heavy atom. The Kier molecular flexibility index (Phi) is 4.09. The molecule has 4 nitrogen and oxygen atoms in total. The summed E-state index contributed by atoms with van der Waals surface area (Å²) in [6, 6.07) is 15.4. The van der Waals surface area contributed by atoms with Gasteiger partial charge in [0.25, 0.3) is 0 Å². The number of hydrogen-bond acceptors (Lipinski definition) is 4. The van der Waals surface area contributed by atoms with Crippen molar-refractivity contribution in [3.05, 3.63) is 54.3 Å². The average Bonchev–Trinajstić information content (AvgIpc) is 2.64. The molecular weight excluding hydrogens is 315 g/mol. The molecule has 0 unspecified atom stereocenters. The maximum absolute atomic E-state index is 13.3. The molecule has 1 fully saturated rings. The van der Waals surface area contributed by atoms with E-state index in [0.717, 1.165) is 40.9 Å². The van der Waals surface area contributed by atoms with Gasteiger partial charge >= 0.3 is 0 Å². The second-order valence-corrected chi connectivity index (χ2v) is 6.74. The molecule has 4 rings (SSSR count). The van der Waals surface area contributed by atoms with Crippen LogP contribution in [-0.4, -0.2) is 35.4 Å². The van der Waals surface area contributed by atoms with Gasteiger partial charge in [0.1, 0.15) is 11.5 Å². The van der Waals surface area contributed by atoms with E-state index in [0.29, 0.717) is 12.1 Å². The van der Waals surface area contributed by atoms with Gasteiger partial charge in [-0.05, 0) is 38.1 Å². The van der Waals surface area contributed by atoms with E-state index in [4.69, 9.17) is 0 Å². The highest BCUT2D eigenvalue weighted by Crippen LogP contribution is 2.32. The highest BCUT2D eigenvalue weighted by Gasteiger charge is 2.26. The van der Waals surface area contributed by atoms with E-state index >= 15 is 0 Å². The zero-order valence-electron chi connectivity index (χ0n) is 14.4. The van der Waals surface area contributed by atoms with Crippen molar-refractivity contribution >= 4 is 16.6 Å². The summed E-state index contributed by atoms with van der Waals surface area (Å²) in [5, 5.41) is 14.7. The topological polar surface area (TPSA) is 41.0 Å². The van der Waals surface area contributed by atoms with Crippen molar-refractivity contribution in [1.29, 1.82) is 0 Å². The van der Waals surface area contributed by atoms with Crippen LogP contribution in [0.3, 0.4) is 0 Å². The monoisotopic (exact) mass is 336 g/mol. The molecule has 1 aliphatic rings.